The van der Waals surface area contributed by atoms with E-state index in [0.29, 0.717) is 24.4 Å². The Balaban J connectivity index is 1.58. The standard InChI is InChI=1S/C27H27FN4O2/c1-2-8-23(31-27(34)20-9-4-3-5-10-20)26-30-22-11-6-7-12-24(22)32(26)18-25(33)29-17-19-13-15-21(28)16-14-19/h3-7,9-16,23H,2,8,17-18H2,1H3,(H,29,33)(H,31,34)/t23-/m0/s1. The molecule has 0 unspecified atom stereocenters. The van der Waals surface area contributed by atoms with E-state index in [-0.39, 0.29) is 30.2 Å². The van der Waals surface area contributed by atoms with E-state index in [2.05, 4.69) is 10.6 Å². The number of aromatic nitrogens is 2. The second kappa shape index (κ2) is 10.7. The highest BCUT2D eigenvalue weighted by molar-refractivity contribution is 5.94. The Morgan fingerprint density at radius 3 is 2.41 bits per heavy atom. The van der Waals surface area contributed by atoms with E-state index in [1.165, 1.54) is 12.1 Å². The van der Waals surface area contributed by atoms with Crippen LogP contribution in [0, 0.1) is 5.82 Å². The van der Waals surface area contributed by atoms with E-state index in [4.69, 9.17) is 4.98 Å². The zero-order chi connectivity index (χ0) is 23.9. The Kier molecular flexibility index (Phi) is 7.32. The maximum absolute atomic E-state index is 13.1. The topological polar surface area (TPSA) is 76.0 Å². The van der Waals surface area contributed by atoms with Crippen molar-refractivity contribution in [3.05, 3.63) is 102 Å². The molecule has 0 aliphatic carbocycles. The van der Waals surface area contributed by atoms with Crippen molar-refractivity contribution in [2.45, 2.75) is 38.9 Å². The molecule has 7 heteroatoms. The van der Waals surface area contributed by atoms with E-state index in [9.17, 15) is 14.0 Å². The van der Waals surface area contributed by atoms with Crippen molar-refractivity contribution in [2.75, 3.05) is 0 Å². The van der Waals surface area contributed by atoms with Crippen molar-refractivity contribution in [2.24, 2.45) is 0 Å². The average molecular weight is 459 g/mol. The maximum atomic E-state index is 13.1. The third kappa shape index (κ3) is 5.49. The Bertz CT molecular complexity index is 1270. The number of halogens is 1. The summed E-state index contributed by atoms with van der Waals surface area (Å²) < 4.78 is 15.0. The number of rotatable bonds is 9. The van der Waals surface area contributed by atoms with Gasteiger partial charge < -0.3 is 15.2 Å². The number of nitrogens with zero attached hydrogens (tertiary/aromatic N) is 2. The molecule has 1 atom stereocenters. The molecule has 2 amide bonds. The summed E-state index contributed by atoms with van der Waals surface area (Å²) in [5.41, 5.74) is 2.97. The minimum atomic E-state index is -0.352. The van der Waals surface area contributed by atoms with Crippen LogP contribution in [0.4, 0.5) is 4.39 Å². The molecule has 0 radical (unpaired) electrons. The van der Waals surface area contributed by atoms with Gasteiger partial charge in [0.1, 0.15) is 18.2 Å². The summed E-state index contributed by atoms with van der Waals surface area (Å²) in [4.78, 5) is 30.5. The first-order valence-corrected chi connectivity index (χ1v) is 11.4. The zero-order valence-corrected chi connectivity index (χ0v) is 19.0. The second-order valence-electron chi connectivity index (χ2n) is 8.13. The molecule has 0 bridgehead atoms. The lowest BCUT2D eigenvalue weighted by Crippen LogP contribution is -2.33. The quantitative estimate of drug-likeness (QED) is 0.380. The number of amides is 2. The molecule has 1 heterocycles. The van der Waals surface area contributed by atoms with Crippen molar-refractivity contribution < 1.29 is 14.0 Å². The van der Waals surface area contributed by atoms with Crippen LogP contribution < -0.4 is 10.6 Å². The van der Waals surface area contributed by atoms with Gasteiger partial charge in [-0.2, -0.15) is 0 Å². The van der Waals surface area contributed by atoms with Gasteiger partial charge in [0, 0.05) is 12.1 Å². The first kappa shape index (κ1) is 23.2. The van der Waals surface area contributed by atoms with Gasteiger partial charge >= 0.3 is 0 Å². The smallest absolute Gasteiger partial charge is 0.251 e. The Morgan fingerprint density at radius 2 is 1.68 bits per heavy atom. The van der Waals surface area contributed by atoms with Crippen molar-refractivity contribution in [3.8, 4) is 0 Å². The highest BCUT2D eigenvalue weighted by Gasteiger charge is 2.23. The summed E-state index contributed by atoms with van der Waals surface area (Å²) in [6, 6.07) is 22.3. The lowest BCUT2D eigenvalue weighted by molar-refractivity contribution is -0.121. The molecule has 3 aromatic carbocycles. The fraction of sp³-hybridized carbons (Fsp3) is 0.222. The van der Waals surface area contributed by atoms with Gasteiger partial charge in [-0.15, -0.1) is 0 Å². The lowest BCUT2D eigenvalue weighted by Gasteiger charge is -2.20. The molecule has 4 rings (SSSR count). The van der Waals surface area contributed by atoms with Gasteiger partial charge in [-0.1, -0.05) is 55.8 Å². The number of para-hydroxylation sites is 2. The largest absolute Gasteiger partial charge is 0.350 e. The van der Waals surface area contributed by atoms with Gasteiger partial charge in [0.05, 0.1) is 17.1 Å². The zero-order valence-electron chi connectivity index (χ0n) is 19.0. The average Bonchev–Trinajstić information content (AvgIpc) is 3.22. The predicted molar refractivity (Wildman–Crippen MR) is 130 cm³/mol. The first-order chi connectivity index (χ1) is 16.5. The predicted octanol–water partition coefficient (Wildman–Crippen LogP) is 4.76. The maximum Gasteiger partial charge on any atom is 0.251 e. The monoisotopic (exact) mass is 458 g/mol. The Hall–Kier alpha value is -4.00. The molecule has 174 valence electrons. The lowest BCUT2D eigenvalue weighted by atomic mass is 10.1. The molecule has 0 fully saturated rings. The van der Waals surface area contributed by atoms with Crippen LogP contribution in [0.1, 0.15) is 47.6 Å². The highest BCUT2D eigenvalue weighted by Crippen LogP contribution is 2.24. The summed E-state index contributed by atoms with van der Waals surface area (Å²) in [7, 11) is 0. The summed E-state index contributed by atoms with van der Waals surface area (Å²) in [5.74, 6) is -0.0508. The van der Waals surface area contributed by atoms with Gasteiger partial charge in [-0.3, -0.25) is 9.59 Å². The van der Waals surface area contributed by atoms with Crippen molar-refractivity contribution >= 4 is 22.8 Å². The number of hydrogen-bond acceptors (Lipinski definition) is 3. The van der Waals surface area contributed by atoms with Crippen molar-refractivity contribution in [3.63, 3.8) is 0 Å². The number of hydrogen-bond donors (Lipinski definition) is 2. The Labute approximate surface area is 197 Å². The van der Waals surface area contributed by atoms with E-state index in [0.717, 1.165) is 23.0 Å². The Morgan fingerprint density at radius 1 is 0.971 bits per heavy atom. The normalized spacial score (nSPS) is 11.8. The van der Waals surface area contributed by atoms with Crippen LogP contribution in [-0.4, -0.2) is 21.4 Å². The summed E-state index contributed by atoms with van der Waals surface area (Å²) in [6.45, 7) is 2.40. The molecule has 34 heavy (non-hydrogen) atoms. The fourth-order valence-corrected chi connectivity index (χ4v) is 3.91. The van der Waals surface area contributed by atoms with Crippen LogP contribution in [0.2, 0.25) is 0 Å². The molecular formula is C27H27FN4O2. The number of benzene rings is 3. The number of imidazole rings is 1. The van der Waals surface area contributed by atoms with Crippen LogP contribution in [0.3, 0.4) is 0 Å². The number of fused-ring (bicyclic) bond motifs is 1. The van der Waals surface area contributed by atoms with Crippen molar-refractivity contribution in [1.29, 1.82) is 0 Å². The van der Waals surface area contributed by atoms with Gasteiger partial charge in [-0.05, 0) is 48.4 Å². The first-order valence-electron chi connectivity index (χ1n) is 11.4. The fourth-order valence-electron chi connectivity index (χ4n) is 3.91. The molecule has 2 N–H and O–H groups in total. The van der Waals surface area contributed by atoms with Gasteiger partial charge in [0.2, 0.25) is 5.91 Å². The third-order valence-corrected chi connectivity index (χ3v) is 5.62. The van der Waals surface area contributed by atoms with E-state index >= 15 is 0 Å². The van der Waals surface area contributed by atoms with Crippen LogP contribution in [-0.2, 0) is 17.9 Å². The number of carbonyl (C=O) groups excluding carboxylic acids is 2. The minimum absolute atomic E-state index is 0.0540. The van der Waals surface area contributed by atoms with Crippen LogP contribution in [0.25, 0.3) is 11.0 Å². The van der Waals surface area contributed by atoms with Crippen LogP contribution in [0.5, 0.6) is 0 Å². The highest BCUT2D eigenvalue weighted by atomic mass is 19.1. The van der Waals surface area contributed by atoms with Crippen LogP contribution in [0.15, 0.2) is 78.9 Å². The minimum Gasteiger partial charge on any atom is -0.350 e. The third-order valence-electron chi connectivity index (χ3n) is 5.62. The van der Waals surface area contributed by atoms with Gasteiger partial charge in [0.15, 0.2) is 0 Å². The summed E-state index contributed by atoms with van der Waals surface area (Å²) in [6.07, 6.45) is 1.51. The molecule has 1 aromatic heterocycles. The van der Waals surface area contributed by atoms with Crippen LogP contribution >= 0.6 is 0 Å². The molecule has 0 saturated carbocycles. The molecule has 0 saturated heterocycles. The van der Waals surface area contributed by atoms with E-state index in [1.807, 2.05) is 54.0 Å². The summed E-state index contributed by atoms with van der Waals surface area (Å²) >= 11 is 0. The molecule has 4 aromatic rings. The molecule has 0 aliphatic rings. The van der Waals surface area contributed by atoms with Gasteiger partial charge in [-0.25, -0.2) is 9.37 Å². The number of carbonyl (C=O) groups is 2. The SMILES string of the molecule is CCC[C@H](NC(=O)c1ccccc1)c1nc2ccccc2n1CC(=O)NCc1ccc(F)cc1. The van der Waals surface area contributed by atoms with E-state index < -0.39 is 0 Å². The van der Waals surface area contributed by atoms with Gasteiger partial charge in [0.25, 0.3) is 5.91 Å². The second-order valence-corrected chi connectivity index (χ2v) is 8.13. The van der Waals surface area contributed by atoms with E-state index in [1.54, 1.807) is 24.3 Å². The van der Waals surface area contributed by atoms with Crippen molar-refractivity contribution in [1.82, 2.24) is 20.2 Å². The summed E-state index contributed by atoms with van der Waals surface area (Å²) in [5, 5.41) is 5.99. The molecule has 0 spiro atoms. The molecular weight excluding hydrogens is 431 g/mol. The molecule has 0 aliphatic heterocycles. The number of nitrogens with one attached hydrogen (secondary N) is 2. The molecule has 6 nitrogen and oxygen atoms in total.